The van der Waals surface area contributed by atoms with Crippen LogP contribution in [-0.4, -0.2) is 82.4 Å². The molecule has 0 atom stereocenters. The van der Waals surface area contributed by atoms with Gasteiger partial charge in [0.15, 0.2) is 9.84 Å². The Labute approximate surface area is 268 Å². The molecule has 0 radical (unpaired) electrons. The van der Waals surface area contributed by atoms with E-state index in [1.54, 1.807) is 24.3 Å². The molecule has 1 aliphatic carbocycles. The number of rotatable bonds is 8. The van der Waals surface area contributed by atoms with Crippen LogP contribution in [0.25, 0.3) is 10.9 Å². The number of hydrogen-bond acceptors (Lipinski definition) is 7. The zero-order valence-electron chi connectivity index (χ0n) is 26.3. The molecule has 12 heteroatoms. The lowest BCUT2D eigenvalue weighted by atomic mass is 9.71. The second kappa shape index (κ2) is 13.0. The fraction of sp³-hybridized carbons (Fsp3) is 0.529. The summed E-state index contributed by atoms with van der Waals surface area (Å²) in [6.45, 7) is 3.07. The van der Waals surface area contributed by atoms with Gasteiger partial charge in [0.2, 0.25) is 0 Å². The monoisotopic (exact) mass is 658 g/mol. The van der Waals surface area contributed by atoms with E-state index in [4.69, 9.17) is 9.47 Å². The van der Waals surface area contributed by atoms with Crippen molar-refractivity contribution in [3.05, 3.63) is 48.2 Å². The first-order valence-electron chi connectivity index (χ1n) is 15.8. The molecule has 2 N–H and O–H groups in total. The van der Waals surface area contributed by atoms with Crippen molar-refractivity contribution < 1.29 is 31.1 Å². The van der Waals surface area contributed by atoms with Gasteiger partial charge in [-0.2, -0.15) is 13.2 Å². The molecule has 2 aliphatic heterocycles. The molecule has 0 unspecified atom stereocenters. The van der Waals surface area contributed by atoms with Gasteiger partial charge in [-0.1, -0.05) is 12.0 Å². The van der Waals surface area contributed by atoms with Crippen LogP contribution in [0.3, 0.4) is 0 Å². The minimum Gasteiger partial charge on any atom is -0.495 e. The zero-order valence-corrected chi connectivity index (χ0v) is 27.1. The highest BCUT2D eigenvalue weighted by Crippen LogP contribution is 2.43. The number of benzene rings is 2. The van der Waals surface area contributed by atoms with Crippen molar-refractivity contribution in [1.82, 2.24) is 9.47 Å². The smallest absolute Gasteiger partial charge is 0.406 e. The van der Waals surface area contributed by atoms with Gasteiger partial charge in [-0.3, -0.25) is 4.90 Å². The molecule has 0 bridgehead atoms. The Hall–Kier alpha value is -3.40. The van der Waals surface area contributed by atoms with Crippen LogP contribution >= 0.6 is 0 Å². The maximum atomic E-state index is 13.7. The molecule has 1 spiro atoms. The lowest BCUT2D eigenvalue weighted by Crippen LogP contribution is -2.62. The molecular weight excluding hydrogens is 617 g/mol. The number of halogens is 3. The average molecular weight is 659 g/mol. The fourth-order valence-electron chi connectivity index (χ4n) is 7.19. The number of methoxy groups -OCH3 is 1. The summed E-state index contributed by atoms with van der Waals surface area (Å²) in [7, 11) is -1.98. The van der Waals surface area contributed by atoms with Crippen molar-refractivity contribution in [2.45, 2.75) is 68.2 Å². The molecular formula is C34H41F3N4O4S. The van der Waals surface area contributed by atoms with Gasteiger partial charge < -0.3 is 24.7 Å². The SMILES string of the molecule is COc1cc(S(C)(=O)=O)ccc1NCC#Cc1cc2c(N[C@H]3CC[C@@H](N4CC5(CCOCC5)C4)CC3)cccc2n1CC(F)(F)F. The lowest BCUT2D eigenvalue weighted by Gasteiger charge is -2.56. The molecule has 0 amide bonds. The maximum Gasteiger partial charge on any atom is 0.406 e. The first-order valence-corrected chi connectivity index (χ1v) is 17.7. The zero-order chi connectivity index (χ0) is 32.5. The van der Waals surface area contributed by atoms with E-state index in [0.29, 0.717) is 33.8 Å². The van der Waals surface area contributed by atoms with Crippen LogP contribution in [0.15, 0.2) is 47.4 Å². The first kappa shape index (κ1) is 32.5. The van der Waals surface area contributed by atoms with Crippen molar-refractivity contribution in [2.24, 2.45) is 5.41 Å². The number of anilines is 2. The molecule has 3 fully saturated rings. The lowest BCUT2D eigenvalue weighted by molar-refractivity contribution is -0.140. The van der Waals surface area contributed by atoms with Crippen molar-refractivity contribution >= 4 is 32.1 Å². The van der Waals surface area contributed by atoms with Crippen LogP contribution in [0.5, 0.6) is 5.75 Å². The molecule has 248 valence electrons. The number of hydrogen-bond donors (Lipinski definition) is 2. The third kappa shape index (κ3) is 7.27. The molecule has 2 aromatic carbocycles. The summed E-state index contributed by atoms with van der Waals surface area (Å²) in [6.07, 6.45) is 3.28. The van der Waals surface area contributed by atoms with E-state index in [2.05, 4.69) is 27.4 Å². The summed E-state index contributed by atoms with van der Waals surface area (Å²) < 4.78 is 77.0. The highest BCUT2D eigenvalue weighted by molar-refractivity contribution is 7.90. The van der Waals surface area contributed by atoms with E-state index in [-0.39, 0.29) is 23.2 Å². The number of nitrogens with zero attached hydrogens (tertiary/aromatic N) is 2. The number of nitrogens with one attached hydrogen (secondary N) is 2. The van der Waals surface area contributed by atoms with Gasteiger partial charge in [-0.05, 0) is 74.8 Å². The Morgan fingerprint density at radius 2 is 1.78 bits per heavy atom. The summed E-state index contributed by atoms with van der Waals surface area (Å²) in [5.74, 6) is 6.18. The molecule has 1 aromatic heterocycles. The summed E-state index contributed by atoms with van der Waals surface area (Å²) in [6, 6.07) is 12.5. The summed E-state index contributed by atoms with van der Waals surface area (Å²) >= 11 is 0. The third-order valence-electron chi connectivity index (χ3n) is 9.67. The van der Waals surface area contributed by atoms with E-state index in [1.165, 1.54) is 36.9 Å². The van der Waals surface area contributed by atoms with E-state index in [9.17, 15) is 21.6 Å². The molecule has 3 heterocycles. The van der Waals surface area contributed by atoms with Gasteiger partial charge in [-0.15, -0.1) is 0 Å². The van der Waals surface area contributed by atoms with Crippen LogP contribution in [0.1, 0.15) is 44.2 Å². The Balaban J connectivity index is 1.14. The van der Waals surface area contributed by atoms with Gasteiger partial charge in [0.05, 0.1) is 35.4 Å². The normalized spacial score (nSPS) is 21.8. The maximum absolute atomic E-state index is 13.7. The number of fused-ring (bicyclic) bond motifs is 1. The fourth-order valence-corrected chi connectivity index (χ4v) is 7.82. The molecule has 3 aromatic rings. The number of sulfone groups is 1. The summed E-state index contributed by atoms with van der Waals surface area (Å²) in [5.41, 5.74) is 2.56. The highest BCUT2D eigenvalue weighted by Gasteiger charge is 2.46. The van der Waals surface area contributed by atoms with E-state index >= 15 is 0 Å². The van der Waals surface area contributed by atoms with Crippen molar-refractivity contribution in [3.8, 4) is 17.6 Å². The van der Waals surface area contributed by atoms with Crippen molar-refractivity contribution in [2.75, 3.05) is 56.8 Å². The average Bonchev–Trinajstić information content (AvgIpc) is 3.35. The standard InChI is InChI=1S/C34H41F3N4O4S/c1-44-32-20-27(46(2,42)43)12-13-30(32)38-16-4-5-26-19-28-29(6-3-7-31(28)41(26)23-34(35,36)37)39-24-8-10-25(11-9-24)40-21-33(22-40)14-17-45-18-15-33/h3,6-7,12-13,19-20,24-25,38-39H,8-11,14-18,21-23H2,1-2H3/t24-,25+. The molecule has 46 heavy (non-hydrogen) atoms. The number of ether oxygens (including phenoxy) is 2. The molecule has 8 nitrogen and oxygen atoms in total. The Bertz CT molecular complexity index is 1720. The van der Waals surface area contributed by atoms with E-state index < -0.39 is 22.6 Å². The van der Waals surface area contributed by atoms with Gasteiger partial charge in [0, 0.05) is 67.2 Å². The van der Waals surface area contributed by atoms with E-state index in [0.717, 1.165) is 63.7 Å². The molecule has 3 aliphatic rings. The first-order chi connectivity index (χ1) is 21.9. The van der Waals surface area contributed by atoms with E-state index in [1.807, 2.05) is 6.07 Å². The van der Waals surface area contributed by atoms with Gasteiger partial charge in [0.25, 0.3) is 0 Å². The molecule has 6 rings (SSSR count). The predicted molar refractivity (Wildman–Crippen MR) is 173 cm³/mol. The summed E-state index contributed by atoms with van der Waals surface area (Å²) in [4.78, 5) is 2.76. The largest absolute Gasteiger partial charge is 0.495 e. The minimum atomic E-state index is -4.42. The van der Waals surface area contributed by atoms with Crippen molar-refractivity contribution in [3.63, 3.8) is 0 Å². The Kier molecular flexibility index (Phi) is 9.20. The second-order valence-corrected chi connectivity index (χ2v) is 14.9. The van der Waals surface area contributed by atoms with Crippen LogP contribution in [0.4, 0.5) is 24.5 Å². The van der Waals surface area contributed by atoms with Crippen LogP contribution in [0, 0.1) is 17.3 Å². The van der Waals surface area contributed by atoms with Gasteiger partial charge in [0.1, 0.15) is 12.3 Å². The van der Waals surface area contributed by atoms with Crippen LogP contribution < -0.4 is 15.4 Å². The minimum absolute atomic E-state index is 0.113. The summed E-state index contributed by atoms with van der Waals surface area (Å²) in [5, 5.41) is 7.44. The number of alkyl halides is 3. The quantitative estimate of drug-likeness (QED) is 0.291. The second-order valence-electron chi connectivity index (χ2n) is 12.9. The van der Waals surface area contributed by atoms with Gasteiger partial charge >= 0.3 is 6.18 Å². The molecule has 1 saturated carbocycles. The Morgan fingerprint density at radius 1 is 1.04 bits per heavy atom. The number of aromatic nitrogens is 1. The van der Waals surface area contributed by atoms with Crippen molar-refractivity contribution in [1.29, 1.82) is 0 Å². The van der Waals surface area contributed by atoms with Crippen LogP contribution in [-0.2, 0) is 21.1 Å². The Morgan fingerprint density at radius 3 is 2.46 bits per heavy atom. The topological polar surface area (TPSA) is 84.8 Å². The number of likely N-dealkylation sites (tertiary alicyclic amines) is 1. The predicted octanol–water partition coefficient (Wildman–Crippen LogP) is 5.91. The highest BCUT2D eigenvalue weighted by atomic mass is 32.2. The molecule has 2 saturated heterocycles. The van der Waals surface area contributed by atoms with Crippen LogP contribution in [0.2, 0.25) is 0 Å². The third-order valence-corrected chi connectivity index (χ3v) is 10.8. The van der Waals surface area contributed by atoms with Gasteiger partial charge in [-0.25, -0.2) is 8.42 Å².